The first-order valence-electron chi connectivity index (χ1n) is 8.87. The molecule has 0 spiro atoms. The van der Waals surface area contributed by atoms with Crippen LogP contribution in [0.15, 0.2) is 0 Å². The van der Waals surface area contributed by atoms with Crippen molar-refractivity contribution in [1.29, 1.82) is 0 Å². The topological polar surface area (TPSA) is 35.9 Å². The molecule has 1 N–H and O–H groups in total. The number of hydrogen-bond acceptors (Lipinski definition) is 4. The normalized spacial score (nSPS) is 39.4. The van der Waals surface area contributed by atoms with Crippen LogP contribution in [0.25, 0.3) is 0 Å². The number of rotatable bonds is 3. The first-order chi connectivity index (χ1) is 10.1. The van der Waals surface area contributed by atoms with E-state index in [0.717, 1.165) is 52.2 Å². The first-order valence-corrected chi connectivity index (χ1v) is 8.87. The summed E-state index contributed by atoms with van der Waals surface area (Å²) >= 11 is 0. The van der Waals surface area contributed by atoms with Gasteiger partial charge < -0.3 is 14.7 Å². The monoisotopic (exact) mass is 296 g/mol. The molecule has 4 heteroatoms. The largest absolute Gasteiger partial charge is 0.390 e. The van der Waals surface area contributed by atoms with E-state index in [0.29, 0.717) is 18.1 Å². The number of morpholine rings is 1. The van der Waals surface area contributed by atoms with Crippen molar-refractivity contribution in [3.63, 3.8) is 0 Å². The lowest BCUT2D eigenvalue weighted by atomic mass is 9.71. The molecule has 3 fully saturated rings. The predicted molar refractivity (Wildman–Crippen MR) is 84.4 cm³/mol. The maximum absolute atomic E-state index is 10.8. The van der Waals surface area contributed by atoms with Crippen molar-refractivity contribution in [2.75, 3.05) is 39.3 Å². The zero-order chi connectivity index (χ0) is 14.9. The van der Waals surface area contributed by atoms with Gasteiger partial charge in [-0.15, -0.1) is 0 Å². The van der Waals surface area contributed by atoms with E-state index in [1.807, 2.05) is 0 Å². The van der Waals surface area contributed by atoms with E-state index < -0.39 is 0 Å². The molecule has 122 valence electrons. The van der Waals surface area contributed by atoms with E-state index >= 15 is 0 Å². The third-order valence-corrected chi connectivity index (χ3v) is 5.87. The fraction of sp³-hybridized carbons (Fsp3) is 1.00. The van der Waals surface area contributed by atoms with Crippen molar-refractivity contribution in [1.82, 2.24) is 9.80 Å². The summed E-state index contributed by atoms with van der Waals surface area (Å²) in [5.41, 5.74) is -0.355. The molecular formula is C17H32N2O2. The van der Waals surface area contributed by atoms with E-state index in [-0.39, 0.29) is 5.60 Å². The molecule has 3 atom stereocenters. The van der Waals surface area contributed by atoms with Crippen LogP contribution in [-0.2, 0) is 4.74 Å². The maximum atomic E-state index is 10.8. The highest BCUT2D eigenvalue weighted by Gasteiger charge is 2.43. The van der Waals surface area contributed by atoms with E-state index in [4.69, 9.17) is 4.74 Å². The molecule has 3 aliphatic rings. The highest BCUT2D eigenvalue weighted by Crippen LogP contribution is 2.39. The Labute approximate surface area is 129 Å². The number of likely N-dealkylation sites (tertiary alicyclic amines) is 1. The second-order valence-electron chi connectivity index (χ2n) is 7.64. The molecule has 4 nitrogen and oxygen atoms in total. The standard InChI is InChI=1S/C17H32N2O2/c1-14(2)19-9-10-21-16(13-19)12-18-8-7-17(20)6-4-3-5-15(17)11-18/h14-16,20H,3-13H2,1-2H3. The molecule has 2 aliphatic heterocycles. The van der Waals surface area contributed by atoms with Crippen LogP contribution < -0.4 is 0 Å². The van der Waals surface area contributed by atoms with Gasteiger partial charge in [0.2, 0.25) is 0 Å². The molecule has 3 unspecified atom stereocenters. The van der Waals surface area contributed by atoms with Crippen LogP contribution in [-0.4, -0.2) is 72.0 Å². The second-order valence-corrected chi connectivity index (χ2v) is 7.64. The lowest BCUT2D eigenvalue weighted by Gasteiger charge is -2.48. The molecule has 0 bridgehead atoms. The molecule has 0 radical (unpaired) electrons. The quantitative estimate of drug-likeness (QED) is 0.860. The highest BCUT2D eigenvalue weighted by atomic mass is 16.5. The molecule has 3 rings (SSSR count). The summed E-state index contributed by atoms with van der Waals surface area (Å²) in [5.74, 6) is 0.491. The van der Waals surface area contributed by atoms with E-state index in [1.54, 1.807) is 0 Å². The van der Waals surface area contributed by atoms with Crippen LogP contribution in [0.2, 0.25) is 0 Å². The summed E-state index contributed by atoms with van der Waals surface area (Å²) in [6.45, 7) is 10.7. The average Bonchev–Trinajstić information content (AvgIpc) is 2.48. The van der Waals surface area contributed by atoms with Crippen molar-refractivity contribution < 1.29 is 9.84 Å². The van der Waals surface area contributed by atoms with Crippen LogP contribution >= 0.6 is 0 Å². The Morgan fingerprint density at radius 2 is 2.05 bits per heavy atom. The number of aliphatic hydroxyl groups is 1. The summed E-state index contributed by atoms with van der Waals surface area (Å²) in [6, 6.07) is 0.612. The van der Waals surface area contributed by atoms with Crippen LogP contribution in [0.3, 0.4) is 0 Å². The van der Waals surface area contributed by atoms with Crippen LogP contribution in [0.5, 0.6) is 0 Å². The van der Waals surface area contributed by atoms with E-state index in [1.165, 1.54) is 19.3 Å². The van der Waals surface area contributed by atoms with E-state index in [2.05, 4.69) is 23.6 Å². The minimum absolute atomic E-state index is 0.343. The molecule has 1 aliphatic carbocycles. The summed E-state index contributed by atoms with van der Waals surface area (Å²) in [7, 11) is 0. The van der Waals surface area contributed by atoms with Crippen LogP contribution in [0.1, 0.15) is 46.0 Å². The van der Waals surface area contributed by atoms with Crippen molar-refractivity contribution >= 4 is 0 Å². The maximum Gasteiger partial charge on any atom is 0.0829 e. The number of ether oxygens (including phenoxy) is 1. The Balaban J connectivity index is 1.52. The van der Waals surface area contributed by atoms with Gasteiger partial charge in [0.05, 0.1) is 18.3 Å². The van der Waals surface area contributed by atoms with Gasteiger partial charge in [0, 0.05) is 44.7 Å². The zero-order valence-corrected chi connectivity index (χ0v) is 13.8. The molecular weight excluding hydrogens is 264 g/mol. The van der Waals surface area contributed by atoms with Gasteiger partial charge >= 0.3 is 0 Å². The number of hydrogen-bond donors (Lipinski definition) is 1. The average molecular weight is 296 g/mol. The molecule has 0 amide bonds. The molecule has 0 aromatic heterocycles. The zero-order valence-electron chi connectivity index (χ0n) is 13.8. The summed E-state index contributed by atoms with van der Waals surface area (Å²) in [5, 5.41) is 10.8. The van der Waals surface area contributed by atoms with E-state index in [9.17, 15) is 5.11 Å². The van der Waals surface area contributed by atoms with Gasteiger partial charge in [0.25, 0.3) is 0 Å². The Kier molecular flexibility index (Phi) is 4.89. The van der Waals surface area contributed by atoms with Crippen molar-refractivity contribution in [2.45, 2.75) is 63.7 Å². The summed E-state index contributed by atoms with van der Waals surface area (Å²) < 4.78 is 5.98. The third kappa shape index (κ3) is 3.61. The fourth-order valence-corrected chi connectivity index (χ4v) is 4.42. The lowest BCUT2D eigenvalue weighted by Crippen LogP contribution is -2.56. The third-order valence-electron chi connectivity index (χ3n) is 5.87. The number of piperidine rings is 1. The Morgan fingerprint density at radius 1 is 1.19 bits per heavy atom. The van der Waals surface area contributed by atoms with Crippen molar-refractivity contribution in [3.05, 3.63) is 0 Å². The smallest absolute Gasteiger partial charge is 0.0829 e. The minimum Gasteiger partial charge on any atom is -0.390 e. The molecule has 21 heavy (non-hydrogen) atoms. The summed E-state index contributed by atoms with van der Waals surface area (Å²) in [4.78, 5) is 5.06. The van der Waals surface area contributed by atoms with Crippen molar-refractivity contribution in [3.8, 4) is 0 Å². The number of nitrogens with zero attached hydrogens (tertiary/aromatic N) is 2. The van der Waals surface area contributed by atoms with Gasteiger partial charge in [0.1, 0.15) is 0 Å². The fourth-order valence-electron chi connectivity index (χ4n) is 4.42. The van der Waals surface area contributed by atoms with Gasteiger partial charge in [-0.3, -0.25) is 4.90 Å². The molecule has 0 aromatic rings. The second kappa shape index (κ2) is 6.53. The molecule has 2 saturated heterocycles. The molecule has 0 aromatic carbocycles. The van der Waals surface area contributed by atoms with Crippen LogP contribution in [0.4, 0.5) is 0 Å². The Hall–Kier alpha value is -0.160. The molecule has 1 saturated carbocycles. The van der Waals surface area contributed by atoms with Gasteiger partial charge in [-0.1, -0.05) is 12.8 Å². The van der Waals surface area contributed by atoms with Crippen LogP contribution in [0, 0.1) is 5.92 Å². The number of fused-ring (bicyclic) bond motifs is 1. The predicted octanol–water partition coefficient (Wildman–Crippen LogP) is 1.72. The van der Waals surface area contributed by atoms with Gasteiger partial charge in [-0.2, -0.15) is 0 Å². The Morgan fingerprint density at radius 3 is 2.86 bits per heavy atom. The Bertz CT molecular complexity index is 350. The molecule has 2 heterocycles. The SMILES string of the molecule is CC(C)N1CCOC(CN2CCC3(O)CCCCC3C2)C1. The van der Waals surface area contributed by atoms with Gasteiger partial charge in [-0.05, 0) is 33.1 Å². The first kappa shape index (κ1) is 15.7. The summed E-state index contributed by atoms with van der Waals surface area (Å²) in [6.07, 6.45) is 6.03. The highest BCUT2D eigenvalue weighted by molar-refractivity contribution is 4.96. The minimum atomic E-state index is -0.355. The van der Waals surface area contributed by atoms with Gasteiger partial charge in [0.15, 0.2) is 0 Å². The van der Waals surface area contributed by atoms with Crippen molar-refractivity contribution in [2.24, 2.45) is 5.92 Å². The lowest BCUT2D eigenvalue weighted by molar-refractivity contribution is -0.110. The van der Waals surface area contributed by atoms with Gasteiger partial charge in [-0.25, -0.2) is 0 Å².